The van der Waals surface area contributed by atoms with Gasteiger partial charge in [-0.2, -0.15) is 31.6 Å². The van der Waals surface area contributed by atoms with Crippen molar-refractivity contribution in [3.05, 3.63) is 94.1 Å². The Morgan fingerprint density at radius 2 is 1.74 bits per heavy atom. The Bertz CT molecular complexity index is 2980. The van der Waals surface area contributed by atoms with Gasteiger partial charge in [0.15, 0.2) is 16.7 Å². The minimum absolute atomic E-state index is 0.0320. The monoisotopic (exact) mass is 1060 g/mol. The predicted octanol–water partition coefficient (Wildman–Crippen LogP) is 9.05. The number of alkyl halides is 6. The number of nitriles is 1. The van der Waals surface area contributed by atoms with Crippen molar-refractivity contribution in [3.8, 4) is 33.6 Å². The summed E-state index contributed by atoms with van der Waals surface area (Å²) in [5, 5.41) is 21.9. The molecule has 5 aromatic rings. The molecule has 0 aliphatic carbocycles. The zero-order valence-electron chi connectivity index (χ0n) is 39.8. The number of halogens is 8. The van der Waals surface area contributed by atoms with Crippen molar-refractivity contribution in [3.63, 3.8) is 0 Å². The van der Waals surface area contributed by atoms with Gasteiger partial charge in [-0.1, -0.05) is 20.8 Å². The maximum absolute atomic E-state index is 15.9. The Balaban J connectivity index is 0.942. The number of pyridine rings is 1. The number of aliphatic hydroxyl groups is 1. The van der Waals surface area contributed by atoms with Crippen LogP contribution in [0.4, 0.5) is 46.5 Å². The number of rotatable bonds is 15. The minimum Gasteiger partial charge on any atom is -0.494 e. The molecule has 2 aliphatic rings. The van der Waals surface area contributed by atoms with Gasteiger partial charge in [0.05, 0.1) is 81.5 Å². The largest absolute Gasteiger partial charge is 0.494 e. The highest BCUT2D eigenvalue weighted by molar-refractivity contribution is 7.81. The van der Waals surface area contributed by atoms with Crippen molar-refractivity contribution >= 4 is 57.8 Å². The van der Waals surface area contributed by atoms with E-state index in [0.29, 0.717) is 29.3 Å². The van der Waals surface area contributed by atoms with Gasteiger partial charge in [-0.25, -0.2) is 18.7 Å². The molecule has 3 aromatic heterocycles. The number of nitrogens with zero attached hydrogens (tertiary/aromatic N) is 7. The topological polar surface area (TPSA) is 190 Å². The summed E-state index contributed by atoms with van der Waals surface area (Å²) < 4.78 is 127. The fourth-order valence-corrected chi connectivity index (χ4v) is 9.81. The van der Waals surface area contributed by atoms with Crippen LogP contribution in [0.15, 0.2) is 54.3 Å². The van der Waals surface area contributed by atoms with Crippen LogP contribution in [-0.4, -0.2) is 96.8 Å². The number of hydrogen-bond donors (Lipinski definition) is 3. The van der Waals surface area contributed by atoms with E-state index in [1.54, 1.807) is 32.5 Å². The molecule has 388 valence electrons. The molecule has 2 fully saturated rings. The molecule has 3 N–H and O–H groups in total. The van der Waals surface area contributed by atoms with E-state index in [1.807, 2.05) is 6.92 Å². The maximum Gasteiger partial charge on any atom is 0.420 e. The number of β-amino-alcohol motifs (C(OH)–C–C–N with tert-alkyl or cyclic N) is 1. The number of H-pyrrole nitrogens is 1. The number of thiazole rings is 1. The summed E-state index contributed by atoms with van der Waals surface area (Å²) in [5.74, 6) is -5.02. The van der Waals surface area contributed by atoms with E-state index in [2.05, 4.69) is 25.3 Å². The number of thiocarbonyl (C=S) groups is 1. The number of aromatic nitrogens is 4. The number of nitrogens with one attached hydrogen (secondary N) is 2. The van der Waals surface area contributed by atoms with Crippen LogP contribution in [0.2, 0.25) is 0 Å². The lowest BCUT2D eigenvalue weighted by atomic mass is 9.85. The zero-order valence-corrected chi connectivity index (χ0v) is 41.5. The van der Waals surface area contributed by atoms with E-state index >= 15 is 8.78 Å². The van der Waals surface area contributed by atoms with Gasteiger partial charge in [-0.15, -0.1) is 11.3 Å². The molecule has 0 radical (unpaired) electrons. The number of aryl methyl sites for hydroxylation is 1. The van der Waals surface area contributed by atoms with E-state index in [0.717, 1.165) is 45.6 Å². The van der Waals surface area contributed by atoms with Gasteiger partial charge in [-0.05, 0) is 81.6 Å². The smallest absolute Gasteiger partial charge is 0.420 e. The molecule has 73 heavy (non-hydrogen) atoms. The lowest BCUT2D eigenvalue weighted by molar-refractivity contribution is -0.141. The van der Waals surface area contributed by atoms with Crippen LogP contribution in [-0.2, 0) is 31.5 Å². The molecule has 3 amide bonds. The van der Waals surface area contributed by atoms with Gasteiger partial charge in [0, 0.05) is 31.2 Å². The number of likely N-dealkylation sites (tertiary alicyclic amines) is 1. The Hall–Kier alpha value is -6.62. The lowest BCUT2D eigenvalue weighted by Crippen LogP contribution is -2.55. The first-order chi connectivity index (χ1) is 34.1. The van der Waals surface area contributed by atoms with Gasteiger partial charge in [0.2, 0.25) is 11.8 Å². The van der Waals surface area contributed by atoms with Crippen LogP contribution in [0.25, 0.3) is 21.8 Å². The number of ether oxygens (including phenoxy) is 2. The van der Waals surface area contributed by atoms with Crippen molar-refractivity contribution in [2.75, 3.05) is 36.2 Å². The summed E-state index contributed by atoms with van der Waals surface area (Å²) in [6.45, 7) is 9.34. The number of carbonyl (C=O) groups is 3. The summed E-state index contributed by atoms with van der Waals surface area (Å²) in [5.41, 5.74) is -6.26. The number of aromatic amines is 1. The molecule has 0 unspecified atom stereocenters. The van der Waals surface area contributed by atoms with E-state index in [9.17, 15) is 45.8 Å². The summed E-state index contributed by atoms with van der Waals surface area (Å²) in [6.07, 6.45) is -7.81. The normalized spacial score (nSPS) is 17.6. The number of benzene rings is 2. The molecule has 15 nitrogen and oxygen atoms in total. The third-order valence-electron chi connectivity index (χ3n) is 12.1. The molecule has 0 bridgehead atoms. The highest BCUT2D eigenvalue weighted by atomic mass is 32.1. The number of imidazole rings is 1. The Morgan fingerprint density at radius 3 is 2.37 bits per heavy atom. The van der Waals surface area contributed by atoms with Crippen molar-refractivity contribution in [1.82, 2.24) is 30.2 Å². The maximum atomic E-state index is 15.9. The lowest BCUT2D eigenvalue weighted by Gasteiger charge is -2.35. The first kappa shape index (κ1) is 54.2. The molecule has 25 heteroatoms. The summed E-state index contributed by atoms with van der Waals surface area (Å²) in [6, 6.07) is 4.61. The Kier molecular flexibility index (Phi) is 15.4. The fraction of sp³-hybridized carbons (Fsp3) is 0.417. The molecule has 0 spiro atoms. The molecular weight excluding hydrogens is 1010 g/mol. The first-order valence-electron chi connectivity index (χ1n) is 22.4. The zero-order chi connectivity index (χ0) is 53.5. The molecule has 7 rings (SSSR count). The number of amides is 3. The van der Waals surface area contributed by atoms with Crippen molar-refractivity contribution in [1.29, 1.82) is 5.26 Å². The predicted molar refractivity (Wildman–Crippen MR) is 254 cm³/mol. The Labute approximate surface area is 422 Å². The van der Waals surface area contributed by atoms with Crippen molar-refractivity contribution in [2.45, 2.75) is 96.9 Å². The Morgan fingerprint density at radius 1 is 1.03 bits per heavy atom. The number of unbranched alkanes of at least 4 members (excludes halogenated alkanes) is 1. The van der Waals surface area contributed by atoms with Crippen LogP contribution in [0.1, 0.15) is 88.1 Å². The minimum atomic E-state index is -5.33. The molecule has 2 aliphatic heterocycles. The summed E-state index contributed by atoms with van der Waals surface area (Å²) >= 11 is 6.81. The average Bonchev–Trinajstić information content (AvgIpc) is 4.09. The van der Waals surface area contributed by atoms with Gasteiger partial charge in [0.1, 0.15) is 41.0 Å². The molecule has 0 saturated carbocycles. The highest BCUT2D eigenvalue weighted by Gasteiger charge is 2.52. The number of aliphatic hydroxyl groups excluding tert-OH is 1. The van der Waals surface area contributed by atoms with Gasteiger partial charge < -0.3 is 34.7 Å². The second kappa shape index (κ2) is 20.7. The second-order valence-corrected chi connectivity index (χ2v) is 20.0. The standard InChI is InChI=1S/C48H47F8N9O6S2/c1-24-39(73-23-60-24)32-20-59-41(61-32)34-16-27(66)21-63(34)42(68)40(45(2,3)4)62-35(67)22-70-13-7-8-14-71-28-10-11-29(30(17-28)47(51,52)53)38-31(49)15-26(19-58-38)65-44(72)64(43(69)46(65,5)6)33-12-9-25(18-57)36(37(33)50)48(54,55)56/h9-12,15,17,19-20,23,27,34,40,66H,7-8,13-14,16,21-22H2,1-6H3,(H,59,61)(H,62,67)/t27-,34-,40-/m1/s1. The third kappa shape index (κ3) is 11.2. The molecule has 2 aromatic carbocycles. The quantitative estimate of drug-likeness (QED) is 0.0513. The molecule has 2 saturated heterocycles. The van der Waals surface area contributed by atoms with Crippen LogP contribution in [0.3, 0.4) is 0 Å². The molecule has 3 atom stereocenters. The van der Waals surface area contributed by atoms with Crippen LogP contribution >= 0.6 is 23.6 Å². The van der Waals surface area contributed by atoms with Gasteiger partial charge >= 0.3 is 12.4 Å². The van der Waals surface area contributed by atoms with E-state index in [4.69, 9.17) is 27.0 Å². The molecule has 5 heterocycles. The molecular formula is C48H47F8N9O6S2. The van der Waals surface area contributed by atoms with E-state index in [-0.39, 0.29) is 44.0 Å². The van der Waals surface area contributed by atoms with Crippen molar-refractivity contribution in [2.24, 2.45) is 5.41 Å². The van der Waals surface area contributed by atoms with Crippen LogP contribution < -0.4 is 19.9 Å². The number of anilines is 2. The fourth-order valence-electron chi connectivity index (χ4n) is 8.53. The highest BCUT2D eigenvalue weighted by Crippen LogP contribution is 2.44. The average molecular weight is 1060 g/mol. The first-order valence-corrected chi connectivity index (χ1v) is 23.7. The summed E-state index contributed by atoms with van der Waals surface area (Å²) in [7, 11) is 0. The summed E-state index contributed by atoms with van der Waals surface area (Å²) in [4.78, 5) is 60.5. The third-order valence-corrected chi connectivity index (χ3v) is 13.5. The van der Waals surface area contributed by atoms with Crippen LogP contribution in [0.5, 0.6) is 5.75 Å². The number of hydrogen-bond acceptors (Lipinski definition) is 12. The van der Waals surface area contributed by atoms with E-state index in [1.165, 1.54) is 42.2 Å². The van der Waals surface area contributed by atoms with Crippen molar-refractivity contribution < 1.29 is 64.1 Å². The number of carbonyl (C=O) groups excluding carboxylic acids is 3. The van der Waals surface area contributed by atoms with Crippen LogP contribution in [0, 0.1) is 35.3 Å². The van der Waals surface area contributed by atoms with E-state index < -0.39 is 116 Å². The van der Waals surface area contributed by atoms with Gasteiger partial charge in [-0.3, -0.25) is 24.3 Å². The SMILES string of the molecule is Cc1ncsc1-c1cnc([C@H]2C[C@@H](O)CN2C(=O)[C@@H](NC(=O)COCCCCOc2ccc(-c3ncc(N4C(=S)N(c5ccc(C#N)c(C(F)(F)F)c5F)C(=O)C4(C)C)cc3F)c(C(F)(F)F)c2)C(C)(C)C)[nH]1. The van der Waals surface area contributed by atoms with Gasteiger partial charge in [0.25, 0.3) is 5.91 Å². The second-order valence-electron chi connectivity index (χ2n) is 18.8.